The van der Waals surface area contributed by atoms with Crippen LogP contribution in [0.5, 0.6) is 0 Å². The Morgan fingerprint density at radius 2 is 1.98 bits per heavy atom. The van der Waals surface area contributed by atoms with E-state index < -0.39 is 59.7 Å². The van der Waals surface area contributed by atoms with E-state index in [1.807, 2.05) is 50.4 Å². The van der Waals surface area contributed by atoms with Gasteiger partial charge in [0.15, 0.2) is 0 Å². The number of aromatic nitrogens is 3. The molecular weight excluding hydrogens is 840 g/mol. The molecule has 2 N–H and O–H groups in total. The zero-order chi connectivity index (χ0) is 45.9. The fraction of sp³-hybridized carbons (Fsp3) is 0.532. The van der Waals surface area contributed by atoms with Crippen LogP contribution in [-0.2, 0) is 59.4 Å². The Morgan fingerprint density at radius 1 is 1.20 bits per heavy atom. The van der Waals surface area contributed by atoms with Crippen LogP contribution in [0, 0.1) is 17.3 Å². The number of pyridine rings is 1. The van der Waals surface area contributed by atoms with Crippen molar-refractivity contribution in [1.82, 2.24) is 40.1 Å². The molecule has 2 saturated heterocycles. The summed E-state index contributed by atoms with van der Waals surface area (Å²) >= 11 is 1.34. The van der Waals surface area contributed by atoms with Crippen molar-refractivity contribution in [2.45, 2.75) is 103 Å². The van der Waals surface area contributed by atoms with Gasteiger partial charge in [-0.1, -0.05) is 25.8 Å². The third kappa shape index (κ3) is 10.3. The summed E-state index contributed by atoms with van der Waals surface area (Å²) in [4.78, 5) is 67.0. The van der Waals surface area contributed by atoms with Crippen molar-refractivity contribution < 1.29 is 37.8 Å². The van der Waals surface area contributed by atoms with Crippen molar-refractivity contribution in [2.75, 3.05) is 54.1 Å². The molecule has 0 radical (unpaired) electrons. The van der Waals surface area contributed by atoms with Crippen LogP contribution >= 0.6 is 11.3 Å². The molecule has 15 nitrogen and oxygen atoms in total. The van der Waals surface area contributed by atoms with Crippen molar-refractivity contribution in [2.24, 2.45) is 5.41 Å². The highest BCUT2D eigenvalue weighted by Gasteiger charge is 2.37. The van der Waals surface area contributed by atoms with E-state index in [1.165, 1.54) is 21.2 Å². The molecule has 3 aliphatic rings. The lowest BCUT2D eigenvalue weighted by molar-refractivity contribution is -0.155. The minimum atomic E-state index is -2.10. The lowest BCUT2D eigenvalue weighted by atomic mass is 9.84. The highest BCUT2D eigenvalue weighted by Crippen LogP contribution is 2.41. The summed E-state index contributed by atoms with van der Waals surface area (Å²) in [5.74, 6) is 3.24. The average Bonchev–Trinajstić information content (AvgIpc) is 3.85. The van der Waals surface area contributed by atoms with Gasteiger partial charge in [0.2, 0.25) is 6.17 Å². The number of methoxy groups -OCH3 is 1. The first-order chi connectivity index (χ1) is 30.5. The second-order valence-corrected chi connectivity index (χ2v) is 19.2. The maximum Gasteiger partial charge on any atom is 0.324 e. The van der Waals surface area contributed by atoms with Crippen molar-refractivity contribution in [3.05, 3.63) is 58.2 Å². The number of fused-ring (bicyclic) bond motifs is 6. The van der Waals surface area contributed by atoms with Gasteiger partial charge in [-0.25, -0.2) is 14.8 Å². The fourth-order valence-corrected chi connectivity index (χ4v) is 8.93. The number of esters is 1. The van der Waals surface area contributed by atoms with Crippen LogP contribution in [0.15, 0.2) is 41.9 Å². The van der Waals surface area contributed by atoms with E-state index in [4.69, 9.17) is 24.2 Å². The highest BCUT2D eigenvalue weighted by molar-refractivity contribution is 7.10. The molecule has 3 atom stereocenters. The molecule has 17 heteroatoms. The van der Waals surface area contributed by atoms with E-state index >= 15 is 4.39 Å². The third-order valence-corrected chi connectivity index (χ3v) is 13.1. The number of halogens is 1. The average molecular weight is 899 g/mol. The third-order valence-electron chi connectivity index (χ3n) is 12.2. The van der Waals surface area contributed by atoms with Crippen LogP contribution in [0.3, 0.4) is 0 Å². The van der Waals surface area contributed by atoms with Gasteiger partial charge in [0.25, 0.3) is 17.7 Å². The molecule has 64 heavy (non-hydrogen) atoms. The molecule has 3 amide bonds. The number of aryl methyl sites for hydroxylation is 1. The van der Waals surface area contributed by atoms with Crippen molar-refractivity contribution >= 4 is 45.9 Å². The predicted molar refractivity (Wildman–Crippen MR) is 241 cm³/mol. The van der Waals surface area contributed by atoms with Crippen LogP contribution in [0.4, 0.5) is 4.39 Å². The first-order valence-electron chi connectivity index (χ1n) is 21.8. The van der Waals surface area contributed by atoms with Gasteiger partial charge in [0.05, 0.1) is 53.6 Å². The molecule has 0 unspecified atom stereocenters. The van der Waals surface area contributed by atoms with E-state index in [-0.39, 0.29) is 38.6 Å². The number of cyclic esters (lactones) is 1. The highest BCUT2D eigenvalue weighted by atomic mass is 32.1. The maximum absolute atomic E-state index is 15.6. The molecule has 1 aromatic carbocycles. The number of hydrogen-bond acceptors (Lipinski definition) is 12. The quantitative estimate of drug-likeness (QED) is 0.170. The van der Waals surface area contributed by atoms with E-state index in [0.717, 1.165) is 39.0 Å². The van der Waals surface area contributed by atoms with Crippen LogP contribution in [0.25, 0.3) is 33.4 Å². The predicted octanol–water partition coefficient (Wildman–Crippen LogP) is 4.55. The van der Waals surface area contributed by atoms with Gasteiger partial charge in [0.1, 0.15) is 12.1 Å². The Balaban J connectivity index is 1.15. The largest absolute Gasteiger partial charge is 0.464 e. The summed E-state index contributed by atoms with van der Waals surface area (Å²) in [5.41, 5.74) is 8.50. The summed E-state index contributed by atoms with van der Waals surface area (Å²) < 4.78 is 35.1. The van der Waals surface area contributed by atoms with E-state index in [9.17, 15) is 19.2 Å². The van der Waals surface area contributed by atoms with Crippen LogP contribution < -0.4 is 10.7 Å². The zero-order valence-corrected chi connectivity index (χ0v) is 38.8. The Hall–Kier alpha value is -5.25. The van der Waals surface area contributed by atoms with E-state index in [2.05, 4.69) is 66.1 Å². The molecule has 0 aliphatic carbocycles. The van der Waals surface area contributed by atoms with Gasteiger partial charge in [0, 0.05) is 78.7 Å². The summed E-state index contributed by atoms with van der Waals surface area (Å²) in [5, 5.41) is 7.44. The molecule has 2 fully saturated rings. The number of rotatable bonds is 10. The smallest absolute Gasteiger partial charge is 0.324 e. The molecule has 4 aromatic rings. The van der Waals surface area contributed by atoms with Gasteiger partial charge in [-0.05, 0) is 89.9 Å². The molecule has 0 spiro atoms. The summed E-state index contributed by atoms with van der Waals surface area (Å²) in [6.07, 6.45) is 0.683. The Bertz CT molecular complexity index is 2450. The van der Waals surface area contributed by atoms with Gasteiger partial charge >= 0.3 is 5.97 Å². The number of benzene rings is 1. The van der Waals surface area contributed by atoms with Crippen molar-refractivity contribution in [1.29, 1.82) is 0 Å². The number of hydrogen-bond donors (Lipinski definition) is 2. The second-order valence-electron chi connectivity index (χ2n) is 18.2. The normalized spacial score (nSPS) is 20.0. The summed E-state index contributed by atoms with van der Waals surface area (Å²) in [6.45, 7) is 11.3. The van der Waals surface area contributed by atoms with Gasteiger partial charge in [-0.3, -0.25) is 34.1 Å². The number of thiazole rings is 1. The molecule has 6 bridgehead atoms. The lowest BCUT2D eigenvalue weighted by Gasteiger charge is -2.38. The lowest BCUT2D eigenvalue weighted by Crippen LogP contribution is -2.61. The standard InChI is InChI=1S/C47H59FN8O7S/c1-9-55-39-15-14-29-20-32(39)33(42(55)31-12-10-18-49-37(31)26-61-8)22-46(2,3)28-63-45(60)35-13-11-19-56(52-35)44(59)36(21-40-50-38(29)27-64-40)51-43(58)34(48)25-62-30-23-54(24-30)41(57)16-17-47(4,5)53(6)7/h10,12,14-15,18,20,27,30,34-36,52H,9,11,13,19,21-26,28H2,1-8H3,(H,51,58)/t34-,35-,36-/m0/s1. The molecule has 3 aromatic heterocycles. The van der Waals surface area contributed by atoms with Gasteiger partial charge in [-0.2, -0.15) is 0 Å². The molecule has 6 heterocycles. The Kier molecular flexibility index (Phi) is 14.2. The number of hydrazine groups is 1. The Morgan fingerprint density at radius 3 is 2.72 bits per heavy atom. The zero-order valence-electron chi connectivity index (χ0n) is 38.0. The number of nitrogens with zero attached hydrogens (tertiary/aromatic N) is 6. The fourth-order valence-electron chi connectivity index (χ4n) is 8.08. The minimum Gasteiger partial charge on any atom is -0.464 e. The number of likely N-dealkylation sites (tertiary alicyclic amines) is 1. The molecule has 0 saturated carbocycles. The first-order valence-corrected chi connectivity index (χ1v) is 22.7. The van der Waals surface area contributed by atoms with Crippen LogP contribution in [-0.4, -0.2) is 137 Å². The van der Waals surface area contributed by atoms with E-state index in [1.54, 1.807) is 13.3 Å². The number of carbonyl (C=O) groups excluding carboxylic acids is 4. The number of amides is 3. The van der Waals surface area contributed by atoms with Gasteiger partial charge in [-0.15, -0.1) is 11.3 Å². The minimum absolute atomic E-state index is 0.0250. The molecular formula is C47H59FN8O7S. The Labute approximate surface area is 378 Å². The maximum atomic E-state index is 15.6. The molecule has 7 rings (SSSR count). The number of nitrogens with one attached hydrogen (secondary N) is 2. The first kappa shape index (κ1) is 46.7. The van der Waals surface area contributed by atoms with Gasteiger partial charge < -0.3 is 29.0 Å². The second kappa shape index (κ2) is 19.5. The molecule has 342 valence electrons. The molecule has 3 aliphatic heterocycles. The number of alkyl halides is 1. The summed E-state index contributed by atoms with van der Waals surface area (Å²) in [7, 11) is 5.41. The monoisotopic (exact) mass is 898 g/mol. The summed E-state index contributed by atoms with van der Waals surface area (Å²) in [6, 6.07) is 8.20. The van der Waals surface area contributed by atoms with Crippen LogP contribution in [0.2, 0.25) is 0 Å². The number of ether oxygens (including phenoxy) is 3. The van der Waals surface area contributed by atoms with E-state index in [0.29, 0.717) is 43.1 Å². The van der Waals surface area contributed by atoms with Crippen molar-refractivity contribution in [3.63, 3.8) is 0 Å². The topological polar surface area (TPSA) is 160 Å². The van der Waals surface area contributed by atoms with Crippen molar-refractivity contribution in [3.8, 4) is 34.4 Å². The van der Waals surface area contributed by atoms with Crippen LogP contribution in [0.1, 0.15) is 63.7 Å². The SMILES string of the molecule is CCn1c(-c2cccnc2COC)c2c3cc(ccc31)-c1csc(n1)C[C@H](NC(=O)[C@@H](F)COC1CN(C(=O)C#CC(C)(C)N(C)C)C1)C(=O)N1CCC[C@H](N1)C(=O)OCC(C)(C)C2. The number of carbonyl (C=O) groups is 4.